The number of hydrogen-bond donors (Lipinski definition) is 3. The molecule has 1 aromatic rings. The molecule has 3 N–H and O–H groups in total. The zero-order valence-electron chi connectivity index (χ0n) is 17.7. The molecule has 0 aromatic heterocycles. The fourth-order valence-electron chi connectivity index (χ4n) is 3.16. The van der Waals surface area contributed by atoms with Gasteiger partial charge in [0.1, 0.15) is 0 Å². The van der Waals surface area contributed by atoms with Gasteiger partial charge in [0, 0.05) is 45.8 Å². The second-order valence-electron chi connectivity index (χ2n) is 7.21. The van der Waals surface area contributed by atoms with Crippen molar-refractivity contribution in [2.45, 2.75) is 38.5 Å². The molecule has 1 fully saturated rings. The maximum absolute atomic E-state index is 12.7. The summed E-state index contributed by atoms with van der Waals surface area (Å²) in [5.74, 6) is 0.712. The summed E-state index contributed by atoms with van der Waals surface area (Å²) >= 11 is 0. The third kappa shape index (κ3) is 9.91. The number of nitrogens with one attached hydrogen (secondary N) is 3. The normalized spacial score (nSPS) is 18.0. The number of alkyl halides is 3. The molecule has 0 saturated carbocycles. The minimum Gasteiger partial charge on any atom is -0.356 e. The van der Waals surface area contributed by atoms with Crippen LogP contribution in [0.4, 0.5) is 13.2 Å². The molecule has 0 aliphatic carbocycles. The monoisotopic (exact) mass is 577 g/mol. The molecular weight excluding hydrogens is 546 g/mol. The number of sulfonamides is 1. The molecule has 12 heteroatoms. The van der Waals surface area contributed by atoms with E-state index in [-0.39, 0.29) is 35.8 Å². The van der Waals surface area contributed by atoms with E-state index in [9.17, 15) is 21.6 Å². The molecule has 1 unspecified atom stereocenters. The average molecular weight is 577 g/mol. The van der Waals surface area contributed by atoms with Crippen LogP contribution >= 0.6 is 24.0 Å². The molecule has 1 saturated heterocycles. The lowest BCUT2D eigenvalue weighted by Crippen LogP contribution is -2.45. The van der Waals surface area contributed by atoms with Gasteiger partial charge in [-0.3, -0.25) is 9.89 Å². The molecule has 2 rings (SSSR count). The first-order chi connectivity index (χ1) is 14.1. The molecule has 1 aromatic carbocycles. The van der Waals surface area contributed by atoms with E-state index in [1.165, 1.54) is 12.1 Å². The SMILES string of the molecule is CCS(=O)(=O)NCCCNC(=NC)NC1CCN(Cc2ccc(C(F)(F)F)cc2)C1.I. The Morgan fingerprint density at radius 3 is 2.48 bits per heavy atom. The van der Waals surface area contributed by atoms with Gasteiger partial charge in [-0.2, -0.15) is 13.2 Å². The summed E-state index contributed by atoms with van der Waals surface area (Å²) < 4.78 is 63.3. The minimum atomic E-state index is -4.32. The second-order valence-corrected chi connectivity index (χ2v) is 9.31. The van der Waals surface area contributed by atoms with Gasteiger partial charge < -0.3 is 10.6 Å². The van der Waals surface area contributed by atoms with Crippen LogP contribution in [-0.2, 0) is 22.7 Å². The number of guanidine groups is 1. The van der Waals surface area contributed by atoms with Gasteiger partial charge >= 0.3 is 6.18 Å². The number of halogens is 4. The minimum absolute atomic E-state index is 0. The Morgan fingerprint density at radius 1 is 1.23 bits per heavy atom. The molecule has 1 heterocycles. The Balaban J connectivity index is 0.00000480. The highest BCUT2D eigenvalue weighted by molar-refractivity contribution is 14.0. The van der Waals surface area contributed by atoms with E-state index in [4.69, 9.17) is 0 Å². The van der Waals surface area contributed by atoms with Gasteiger partial charge in [-0.05, 0) is 37.5 Å². The first-order valence-corrected chi connectivity index (χ1v) is 11.6. The lowest BCUT2D eigenvalue weighted by molar-refractivity contribution is -0.137. The number of hydrogen-bond acceptors (Lipinski definition) is 4. The van der Waals surface area contributed by atoms with Crippen molar-refractivity contribution < 1.29 is 21.6 Å². The van der Waals surface area contributed by atoms with E-state index in [1.807, 2.05) is 0 Å². The van der Waals surface area contributed by atoms with Crippen LogP contribution in [0.2, 0.25) is 0 Å². The molecule has 0 bridgehead atoms. The standard InChI is InChI=1S/C19H30F3N5O2S.HI/c1-3-30(28,29)25-11-4-10-24-18(23-2)26-17-9-12-27(14-17)13-15-5-7-16(8-6-15)19(20,21)22;/h5-8,17,25H,3-4,9-14H2,1-2H3,(H2,23,24,26);1H. The molecule has 7 nitrogen and oxygen atoms in total. The molecule has 0 amide bonds. The largest absolute Gasteiger partial charge is 0.416 e. The van der Waals surface area contributed by atoms with Crippen LogP contribution in [0.15, 0.2) is 29.3 Å². The van der Waals surface area contributed by atoms with Crippen LogP contribution in [0.1, 0.15) is 30.9 Å². The molecule has 0 spiro atoms. The van der Waals surface area contributed by atoms with Crippen LogP contribution in [0.25, 0.3) is 0 Å². The van der Waals surface area contributed by atoms with Crippen molar-refractivity contribution in [1.29, 1.82) is 0 Å². The Kier molecular flexibility index (Phi) is 11.5. The molecule has 0 radical (unpaired) electrons. The zero-order valence-corrected chi connectivity index (χ0v) is 20.9. The third-order valence-corrected chi connectivity index (χ3v) is 6.28. The fraction of sp³-hybridized carbons (Fsp3) is 0.632. The van der Waals surface area contributed by atoms with Gasteiger partial charge in [-0.15, -0.1) is 24.0 Å². The highest BCUT2D eigenvalue weighted by atomic mass is 127. The fourth-order valence-corrected chi connectivity index (χ4v) is 3.82. The van der Waals surface area contributed by atoms with Gasteiger partial charge in [-0.1, -0.05) is 12.1 Å². The van der Waals surface area contributed by atoms with E-state index in [0.29, 0.717) is 32.0 Å². The van der Waals surface area contributed by atoms with Crippen molar-refractivity contribution in [3.63, 3.8) is 0 Å². The Morgan fingerprint density at radius 2 is 1.90 bits per heavy atom. The molecule has 1 aliphatic rings. The Hall–Kier alpha value is -1.12. The third-order valence-electron chi connectivity index (χ3n) is 4.87. The molecule has 1 atom stereocenters. The summed E-state index contributed by atoms with van der Waals surface area (Å²) in [7, 11) is -1.50. The summed E-state index contributed by atoms with van der Waals surface area (Å²) in [6.07, 6.45) is -2.79. The Labute approximate surface area is 199 Å². The van der Waals surface area contributed by atoms with Crippen LogP contribution in [0.3, 0.4) is 0 Å². The van der Waals surface area contributed by atoms with Gasteiger partial charge in [0.2, 0.25) is 10.0 Å². The Bertz CT molecular complexity index is 804. The predicted molar refractivity (Wildman–Crippen MR) is 127 cm³/mol. The average Bonchev–Trinajstić information content (AvgIpc) is 3.13. The summed E-state index contributed by atoms with van der Waals surface area (Å²) in [6, 6.07) is 5.47. The number of benzene rings is 1. The van der Waals surface area contributed by atoms with E-state index >= 15 is 0 Å². The van der Waals surface area contributed by atoms with E-state index < -0.39 is 21.8 Å². The van der Waals surface area contributed by atoms with E-state index in [2.05, 4.69) is 25.2 Å². The number of aliphatic imine (C=N–C) groups is 1. The van der Waals surface area contributed by atoms with Gasteiger partial charge in [0.15, 0.2) is 5.96 Å². The van der Waals surface area contributed by atoms with Crippen LogP contribution in [-0.4, -0.2) is 64.3 Å². The maximum Gasteiger partial charge on any atom is 0.416 e. The first kappa shape index (κ1) is 27.9. The lowest BCUT2D eigenvalue weighted by Gasteiger charge is -2.19. The summed E-state index contributed by atoms with van der Waals surface area (Å²) in [5, 5.41) is 6.50. The van der Waals surface area contributed by atoms with Crippen molar-refractivity contribution in [3.8, 4) is 0 Å². The molecule has 31 heavy (non-hydrogen) atoms. The van der Waals surface area contributed by atoms with Crippen LogP contribution in [0.5, 0.6) is 0 Å². The zero-order chi connectivity index (χ0) is 22.2. The molecule has 178 valence electrons. The topological polar surface area (TPSA) is 85.8 Å². The maximum atomic E-state index is 12.7. The summed E-state index contributed by atoms with van der Waals surface area (Å²) in [4.78, 5) is 6.37. The molecule has 1 aliphatic heterocycles. The van der Waals surface area contributed by atoms with Gasteiger partial charge in [-0.25, -0.2) is 13.1 Å². The second kappa shape index (κ2) is 12.8. The van der Waals surface area contributed by atoms with E-state index in [1.54, 1.807) is 14.0 Å². The molecular formula is C19H31F3IN5O2S. The van der Waals surface area contributed by atoms with Crippen molar-refractivity contribution >= 4 is 40.0 Å². The van der Waals surface area contributed by atoms with Crippen LogP contribution < -0.4 is 15.4 Å². The van der Waals surface area contributed by atoms with Gasteiger partial charge in [0.05, 0.1) is 11.3 Å². The predicted octanol–water partition coefficient (Wildman–Crippen LogP) is 2.39. The number of likely N-dealkylation sites (tertiary alicyclic amines) is 1. The summed E-state index contributed by atoms with van der Waals surface area (Å²) in [6.45, 7) is 4.74. The van der Waals surface area contributed by atoms with Crippen molar-refractivity contribution in [2.75, 3.05) is 39.0 Å². The highest BCUT2D eigenvalue weighted by Gasteiger charge is 2.30. The van der Waals surface area contributed by atoms with Crippen molar-refractivity contribution in [3.05, 3.63) is 35.4 Å². The number of rotatable bonds is 9. The van der Waals surface area contributed by atoms with Crippen molar-refractivity contribution in [1.82, 2.24) is 20.3 Å². The van der Waals surface area contributed by atoms with Crippen LogP contribution in [0, 0.1) is 0 Å². The quantitative estimate of drug-likeness (QED) is 0.182. The highest BCUT2D eigenvalue weighted by Crippen LogP contribution is 2.29. The van der Waals surface area contributed by atoms with Crippen molar-refractivity contribution in [2.24, 2.45) is 4.99 Å². The summed E-state index contributed by atoms with van der Waals surface area (Å²) in [5.41, 5.74) is 0.213. The number of nitrogens with zero attached hydrogens (tertiary/aromatic N) is 2. The smallest absolute Gasteiger partial charge is 0.356 e. The van der Waals surface area contributed by atoms with E-state index in [0.717, 1.165) is 37.2 Å². The lowest BCUT2D eigenvalue weighted by atomic mass is 10.1. The first-order valence-electron chi connectivity index (χ1n) is 9.96. The van der Waals surface area contributed by atoms with Gasteiger partial charge in [0.25, 0.3) is 0 Å².